The minimum atomic E-state index is -0.258. The van der Waals surface area contributed by atoms with Gasteiger partial charge in [-0.3, -0.25) is 0 Å². The van der Waals surface area contributed by atoms with Gasteiger partial charge in [-0.05, 0) is 12.6 Å². The standard InChI is InChI=1S/C13H20FN3S/c1-3-15-7-11-6-12(14)8-16-13(11)17-4-5-18-10(2)9-17/h6,8,10,15H,3-5,7,9H2,1-2H3. The number of anilines is 1. The Hall–Kier alpha value is -0.810. The summed E-state index contributed by atoms with van der Waals surface area (Å²) in [5.41, 5.74) is 0.955. The van der Waals surface area contributed by atoms with Gasteiger partial charge in [0, 0.05) is 36.2 Å². The molecule has 5 heteroatoms. The number of nitrogens with zero attached hydrogens (tertiary/aromatic N) is 2. The lowest BCUT2D eigenvalue weighted by Crippen LogP contribution is -2.38. The molecule has 0 radical (unpaired) electrons. The van der Waals surface area contributed by atoms with Gasteiger partial charge in [0.05, 0.1) is 6.20 Å². The first-order valence-corrected chi connectivity index (χ1v) is 7.47. The van der Waals surface area contributed by atoms with Gasteiger partial charge in [-0.15, -0.1) is 0 Å². The average Bonchev–Trinajstić information content (AvgIpc) is 2.36. The monoisotopic (exact) mass is 269 g/mol. The summed E-state index contributed by atoms with van der Waals surface area (Å²) in [6.07, 6.45) is 1.32. The van der Waals surface area contributed by atoms with E-state index in [2.05, 4.69) is 22.1 Å². The van der Waals surface area contributed by atoms with E-state index in [0.717, 1.165) is 36.8 Å². The number of aromatic nitrogens is 1. The van der Waals surface area contributed by atoms with Crippen molar-refractivity contribution < 1.29 is 4.39 Å². The van der Waals surface area contributed by atoms with Gasteiger partial charge in [0.15, 0.2) is 0 Å². The summed E-state index contributed by atoms with van der Waals surface area (Å²) in [7, 11) is 0. The maximum atomic E-state index is 13.3. The van der Waals surface area contributed by atoms with E-state index in [4.69, 9.17) is 0 Å². The highest BCUT2D eigenvalue weighted by molar-refractivity contribution is 8.00. The van der Waals surface area contributed by atoms with Crippen LogP contribution in [0.4, 0.5) is 10.2 Å². The maximum absolute atomic E-state index is 13.3. The van der Waals surface area contributed by atoms with Crippen LogP contribution in [0.15, 0.2) is 12.3 Å². The molecular formula is C13H20FN3S. The Morgan fingerprint density at radius 3 is 3.17 bits per heavy atom. The molecule has 1 fully saturated rings. The van der Waals surface area contributed by atoms with Crippen molar-refractivity contribution >= 4 is 17.6 Å². The molecule has 3 nitrogen and oxygen atoms in total. The van der Waals surface area contributed by atoms with E-state index in [-0.39, 0.29) is 5.82 Å². The minimum Gasteiger partial charge on any atom is -0.354 e. The smallest absolute Gasteiger partial charge is 0.141 e. The highest BCUT2D eigenvalue weighted by Gasteiger charge is 2.20. The van der Waals surface area contributed by atoms with Gasteiger partial charge in [-0.2, -0.15) is 11.8 Å². The van der Waals surface area contributed by atoms with Crippen molar-refractivity contribution in [2.24, 2.45) is 0 Å². The molecule has 1 aliphatic rings. The second-order valence-corrected chi connectivity index (χ2v) is 6.09. The van der Waals surface area contributed by atoms with E-state index >= 15 is 0 Å². The lowest BCUT2D eigenvalue weighted by atomic mass is 10.2. The number of hydrogen-bond donors (Lipinski definition) is 1. The molecule has 0 saturated carbocycles. The zero-order chi connectivity index (χ0) is 13.0. The molecule has 1 aromatic heterocycles. The summed E-state index contributed by atoms with van der Waals surface area (Å²) < 4.78 is 13.3. The van der Waals surface area contributed by atoms with Crippen LogP contribution in [0.1, 0.15) is 19.4 Å². The Morgan fingerprint density at radius 2 is 2.44 bits per heavy atom. The normalized spacial score (nSPS) is 20.2. The zero-order valence-corrected chi connectivity index (χ0v) is 11.8. The number of pyridine rings is 1. The van der Waals surface area contributed by atoms with Crippen molar-refractivity contribution in [1.82, 2.24) is 10.3 Å². The van der Waals surface area contributed by atoms with Crippen LogP contribution >= 0.6 is 11.8 Å². The molecular weight excluding hydrogens is 249 g/mol. The molecule has 0 amide bonds. The lowest BCUT2D eigenvalue weighted by molar-refractivity contribution is 0.612. The molecule has 1 N–H and O–H groups in total. The SMILES string of the molecule is CCNCc1cc(F)cnc1N1CCSC(C)C1. The summed E-state index contributed by atoms with van der Waals surface area (Å²) >= 11 is 1.98. The van der Waals surface area contributed by atoms with Crippen molar-refractivity contribution in [3.05, 3.63) is 23.6 Å². The quantitative estimate of drug-likeness (QED) is 0.907. The van der Waals surface area contributed by atoms with Gasteiger partial charge in [-0.1, -0.05) is 13.8 Å². The van der Waals surface area contributed by atoms with Crippen LogP contribution in [-0.4, -0.2) is 35.6 Å². The number of nitrogens with one attached hydrogen (secondary N) is 1. The van der Waals surface area contributed by atoms with Gasteiger partial charge in [0.1, 0.15) is 11.6 Å². The molecule has 1 aliphatic heterocycles. The molecule has 0 spiro atoms. The van der Waals surface area contributed by atoms with Crippen LogP contribution in [0.25, 0.3) is 0 Å². The molecule has 1 aromatic rings. The second-order valence-electron chi connectivity index (χ2n) is 4.54. The molecule has 100 valence electrons. The first-order valence-electron chi connectivity index (χ1n) is 6.42. The predicted octanol–water partition coefficient (Wildman–Crippen LogP) is 2.27. The minimum absolute atomic E-state index is 0.258. The van der Waals surface area contributed by atoms with E-state index in [1.54, 1.807) is 6.07 Å². The number of halogens is 1. The first kappa shape index (κ1) is 13.6. The van der Waals surface area contributed by atoms with Gasteiger partial charge in [0.25, 0.3) is 0 Å². The van der Waals surface area contributed by atoms with Crippen molar-refractivity contribution in [1.29, 1.82) is 0 Å². The fraction of sp³-hybridized carbons (Fsp3) is 0.615. The molecule has 1 atom stereocenters. The van der Waals surface area contributed by atoms with Crippen molar-refractivity contribution in [3.8, 4) is 0 Å². The Labute approximate surface area is 112 Å². The van der Waals surface area contributed by atoms with Gasteiger partial charge < -0.3 is 10.2 Å². The highest BCUT2D eigenvalue weighted by Crippen LogP contribution is 2.25. The summed E-state index contributed by atoms with van der Waals surface area (Å²) in [4.78, 5) is 6.56. The third kappa shape index (κ3) is 3.36. The summed E-state index contributed by atoms with van der Waals surface area (Å²) in [6, 6.07) is 1.59. The second kappa shape index (κ2) is 6.38. The van der Waals surface area contributed by atoms with Gasteiger partial charge in [0.2, 0.25) is 0 Å². The molecule has 18 heavy (non-hydrogen) atoms. The van der Waals surface area contributed by atoms with Crippen molar-refractivity contribution in [3.63, 3.8) is 0 Å². The van der Waals surface area contributed by atoms with Crippen LogP contribution in [0.5, 0.6) is 0 Å². The Balaban J connectivity index is 2.19. The lowest BCUT2D eigenvalue weighted by Gasteiger charge is -2.32. The number of thioether (sulfide) groups is 1. The van der Waals surface area contributed by atoms with Gasteiger partial charge >= 0.3 is 0 Å². The van der Waals surface area contributed by atoms with Crippen LogP contribution in [-0.2, 0) is 6.54 Å². The third-order valence-corrected chi connectivity index (χ3v) is 4.15. The molecule has 1 unspecified atom stereocenters. The van der Waals surface area contributed by atoms with Crippen molar-refractivity contribution in [2.45, 2.75) is 25.6 Å². The van der Waals surface area contributed by atoms with Crippen LogP contribution in [0, 0.1) is 5.82 Å². The molecule has 0 bridgehead atoms. The van der Waals surface area contributed by atoms with Crippen LogP contribution in [0.3, 0.4) is 0 Å². The molecule has 2 heterocycles. The summed E-state index contributed by atoms with van der Waals surface area (Å²) in [6.45, 7) is 7.81. The van der Waals surface area contributed by atoms with Crippen molar-refractivity contribution in [2.75, 3.05) is 30.3 Å². The number of rotatable bonds is 4. The summed E-state index contributed by atoms with van der Waals surface area (Å²) in [5, 5.41) is 3.85. The molecule has 0 aromatic carbocycles. The third-order valence-electron chi connectivity index (χ3n) is 3.02. The highest BCUT2D eigenvalue weighted by atomic mass is 32.2. The van der Waals surface area contributed by atoms with Gasteiger partial charge in [-0.25, -0.2) is 9.37 Å². The molecule has 0 aliphatic carbocycles. The van der Waals surface area contributed by atoms with Crippen LogP contribution < -0.4 is 10.2 Å². The Bertz CT molecular complexity index is 400. The Morgan fingerprint density at radius 1 is 1.61 bits per heavy atom. The fourth-order valence-corrected chi connectivity index (χ4v) is 3.17. The number of hydrogen-bond acceptors (Lipinski definition) is 4. The molecule has 1 saturated heterocycles. The maximum Gasteiger partial charge on any atom is 0.141 e. The first-order chi connectivity index (χ1) is 8.70. The molecule has 2 rings (SSSR count). The van der Waals surface area contributed by atoms with E-state index in [1.165, 1.54) is 6.20 Å². The fourth-order valence-electron chi connectivity index (χ4n) is 2.16. The Kier molecular flexibility index (Phi) is 4.83. The summed E-state index contributed by atoms with van der Waals surface area (Å²) in [5.74, 6) is 1.79. The average molecular weight is 269 g/mol. The predicted molar refractivity (Wildman–Crippen MR) is 75.7 cm³/mol. The zero-order valence-electron chi connectivity index (χ0n) is 10.9. The van der Waals surface area contributed by atoms with E-state index in [1.807, 2.05) is 18.7 Å². The van der Waals surface area contributed by atoms with E-state index < -0.39 is 0 Å². The topological polar surface area (TPSA) is 28.2 Å². The largest absolute Gasteiger partial charge is 0.354 e. The van der Waals surface area contributed by atoms with E-state index in [0.29, 0.717) is 11.8 Å². The van der Waals surface area contributed by atoms with Crippen LogP contribution in [0.2, 0.25) is 0 Å². The van der Waals surface area contributed by atoms with E-state index in [9.17, 15) is 4.39 Å².